The Kier molecular flexibility index (Phi) is 7.89. The quantitative estimate of drug-likeness (QED) is 0.341. The summed E-state index contributed by atoms with van der Waals surface area (Å²) in [5.74, 6) is -0.131. The Morgan fingerprint density at radius 3 is 2.76 bits per heavy atom. The molecule has 10 nitrogen and oxygen atoms in total. The van der Waals surface area contributed by atoms with E-state index in [0.717, 1.165) is 11.3 Å². The Bertz CT molecular complexity index is 912. The second-order valence-corrected chi connectivity index (χ2v) is 6.82. The maximum Gasteiger partial charge on any atom is 0.315 e. The first-order valence-electron chi connectivity index (χ1n) is 9.07. The van der Waals surface area contributed by atoms with Crippen LogP contribution < -0.4 is 20.6 Å². The number of nitrogens with one attached hydrogen (secondary N) is 1. The Morgan fingerprint density at radius 1 is 1.38 bits per heavy atom. The number of carbonyl (C=O) groups is 1. The van der Waals surface area contributed by atoms with Crippen LogP contribution in [0.5, 0.6) is 11.5 Å². The molecule has 2 rings (SSSR count). The molecule has 0 saturated heterocycles. The highest BCUT2D eigenvalue weighted by Crippen LogP contribution is 2.38. The summed E-state index contributed by atoms with van der Waals surface area (Å²) < 4.78 is 11.0. The SMILES string of the molecule is CCCOc1c(OCC)cc(/C=N\NC(=O)c2sc(N)nc2CC)cc1[N+](=O)[O-]. The van der Waals surface area contributed by atoms with Crippen LogP contribution in [0.3, 0.4) is 0 Å². The van der Waals surface area contributed by atoms with Gasteiger partial charge in [-0.3, -0.25) is 14.9 Å². The van der Waals surface area contributed by atoms with Crippen molar-refractivity contribution in [3.05, 3.63) is 38.4 Å². The smallest absolute Gasteiger partial charge is 0.315 e. The van der Waals surface area contributed by atoms with Gasteiger partial charge in [0.1, 0.15) is 4.88 Å². The molecule has 29 heavy (non-hydrogen) atoms. The van der Waals surface area contributed by atoms with E-state index in [2.05, 4.69) is 15.5 Å². The maximum absolute atomic E-state index is 12.3. The van der Waals surface area contributed by atoms with Gasteiger partial charge in [-0.1, -0.05) is 25.2 Å². The molecule has 0 spiro atoms. The first-order valence-corrected chi connectivity index (χ1v) is 9.89. The standard InChI is InChI=1S/C18H23N5O5S/c1-4-7-28-15-13(23(25)26)8-11(9-14(15)27-6-3)10-20-22-17(24)16-12(5-2)21-18(19)29-16/h8-10H,4-7H2,1-3H3,(H2,19,21)(H,22,24)/b20-10-. The van der Waals surface area contributed by atoms with Gasteiger partial charge in [0.25, 0.3) is 5.91 Å². The summed E-state index contributed by atoms with van der Waals surface area (Å²) >= 11 is 1.07. The highest BCUT2D eigenvalue weighted by molar-refractivity contribution is 7.17. The van der Waals surface area contributed by atoms with E-state index in [4.69, 9.17) is 15.2 Å². The zero-order valence-electron chi connectivity index (χ0n) is 16.4. The molecule has 156 valence electrons. The fourth-order valence-electron chi connectivity index (χ4n) is 2.43. The molecule has 0 atom stereocenters. The number of hydrazone groups is 1. The third-order valence-electron chi connectivity index (χ3n) is 3.64. The molecule has 0 bridgehead atoms. The average Bonchev–Trinajstić information content (AvgIpc) is 3.07. The zero-order valence-corrected chi connectivity index (χ0v) is 17.2. The van der Waals surface area contributed by atoms with E-state index in [-0.39, 0.29) is 17.2 Å². The third-order valence-corrected chi connectivity index (χ3v) is 4.56. The lowest BCUT2D eigenvalue weighted by Gasteiger charge is -2.12. The molecule has 0 saturated carbocycles. The lowest BCUT2D eigenvalue weighted by Crippen LogP contribution is -2.17. The lowest BCUT2D eigenvalue weighted by atomic mass is 10.2. The number of aromatic nitrogens is 1. The van der Waals surface area contributed by atoms with Crippen molar-refractivity contribution in [2.75, 3.05) is 18.9 Å². The van der Waals surface area contributed by atoms with E-state index in [9.17, 15) is 14.9 Å². The zero-order chi connectivity index (χ0) is 21.4. The number of aryl methyl sites for hydroxylation is 1. The summed E-state index contributed by atoms with van der Waals surface area (Å²) in [4.78, 5) is 27.7. The molecule has 0 aliphatic rings. The molecule has 1 heterocycles. The fraction of sp³-hybridized carbons (Fsp3) is 0.389. The Morgan fingerprint density at radius 2 is 2.14 bits per heavy atom. The van der Waals surface area contributed by atoms with Crippen molar-refractivity contribution in [3.63, 3.8) is 0 Å². The van der Waals surface area contributed by atoms with E-state index in [1.54, 1.807) is 13.0 Å². The molecule has 0 aliphatic carbocycles. The molecule has 1 amide bonds. The van der Waals surface area contributed by atoms with Crippen LogP contribution in [0.2, 0.25) is 0 Å². The molecule has 0 fully saturated rings. The lowest BCUT2D eigenvalue weighted by molar-refractivity contribution is -0.386. The number of rotatable bonds is 10. The van der Waals surface area contributed by atoms with E-state index >= 15 is 0 Å². The normalized spacial score (nSPS) is 10.9. The van der Waals surface area contributed by atoms with Crippen LogP contribution >= 0.6 is 11.3 Å². The molecule has 1 aromatic heterocycles. The summed E-state index contributed by atoms with van der Waals surface area (Å²) in [5.41, 5.74) is 8.77. The Hall–Kier alpha value is -3.21. The molecule has 0 radical (unpaired) electrons. The molecule has 0 unspecified atom stereocenters. The van der Waals surface area contributed by atoms with E-state index in [0.29, 0.717) is 47.3 Å². The number of hydrogen-bond donors (Lipinski definition) is 2. The van der Waals surface area contributed by atoms with Gasteiger partial charge < -0.3 is 15.2 Å². The molecular formula is C18H23N5O5S. The van der Waals surface area contributed by atoms with Crippen molar-refractivity contribution in [2.24, 2.45) is 5.10 Å². The highest BCUT2D eigenvalue weighted by atomic mass is 32.1. The second-order valence-electron chi connectivity index (χ2n) is 5.79. The number of nitrogens with zero attached hydrogens (tertiary/aromatic N) is 3. The highest BCUT2D eigenvalue weighted by Gasteiger charge is 2.22. The second kappa shape index (κ2) is 10.4. The van der Waals surface area contributed by atoms with Crippen LogP contribution in [0.1, 0.15) is 48.1 Å². The summed E-state index contributed by atoms with van der Waals surface area (Å²) in [6, 6.07) is 2.88. The fourth-order valence-corrected chi connectivity index (χ4v) is 3.24. The first kappa shape index (κ1) is 22.1. The minimum Gasteiger partial charge on any atom is -0.490 e. The van der Waals surface area contributed by atoms with Crippen LogP contribution in [0.4, 0.5) is 10.8 Å². The van der Waals surface area contributed by atoms with E-state index in [1.165, 1.54) is 12.3 Å². The predicted octanol–water partition coefficient (Wildman–Crippen LogP) is 3.15. The first-order chi connectivity index (χ1) is 13.9. The van der Waals surface area contributed by atoms with Crippen molar-refractivity contribution in [1.82, 2.24) is 10.4 Å². The van der Waals surface area contributed by atoms with Gasteiger partial charge in [-0.2, -0.15) is 5.10 Å². The predicted molar refractivity (Wildman–Crippen MR) is 111 cm³/mol. The van der Waals surface area contributed by atoms with Crippen LogP contribution in [-0.2, 0) is 6.42 Å². The third kappa shape index (κ3) is 5.64. The molecule has 0 aliphatic heterocycles. The Balaban J connectivity index is 2.26. The molecule has 2 aromatic rings. The van der Waals surface area contributed by atoms with Gasteiger partial charge in [0.05, 0.1) is 30.0 Å². The van der Waals surface area contributed by atoms with Gasteiger partial charge in [-0.15, -0.1) is 0 Å². The number of thiazole rings is 1. The number of hydrogen-bond acceptors (Lipinski definition) is 9. The average molecular weight is 421 g/mol. The number of carbonyl (C=O) groups excluding carboxylic acids is 1. The summed E-state index contributed by atoms with van der Waals surface area (Å²) in [6.45, 7) is 6.16. The van der Waals surface area contributed by atoms with E-state index < -0.39 is 10.8 Å². The number of amides is 1. The van der Waals surface area contributed by atoms with Gasteiger partial charge in [-0.25, -0.2) is 10.4 Å². The Labute approximate surface area is 171 Å². The number of nitrogen functional groups attached to an aromatic ring is 1. The van der Waals surface area contributed by atoms with Crippen molar-refractivity contribution in [1.29, 1.82) is 0 Å². The molecular weight excluding hydrogens is 398 g/mol. The van der Waals surface area contributed by atoms with E-state index in [1.807, 2.05) is 13.8 Å². The minimum atomic E-state index is -0.545. The maximum atomic E-state index is 12.3. The van der Waals surface area contributed by atoms with Crippen molar-refractivity contribution in [3.8, 4) is 11.5 Å². The van der Waals surface area contributed by atoms with Crippen LogP contribution in [0.25, 0.3) is 0 Å². The van der Waals surface area contributed by atoms with Crippen LogP contribution in [-0.4, -0.2) is 35.2 Å². The summed E-state index contributed by atoms with van der Waals surface area (Å²) in [7, 11) is 0. The number of nitro benzene ring substituents is 1. The minimum absolute atomic E-state index is 0.0765. The van der Waals surface area contributed by atoms with Crippen molar-refractivity contribution >= 4 is 34.3 Å². The number of nitrogens with two attached hydrogens (primary N) is 1. The molecule has 3 N–H and O–H groups in total. The summed E-state index contributed by atoms with van der Waals surface area (Å²) in [6.07, 6.45) is 2.55. The van der Waals surface area contributed by atoms with Gasteiger partial charge in [0.15, 0.2) is 10.9 Å². The van der Waals surface area contributed by atoms with Crippen molar-refractivity contribution < 1.29 is 19.2 Å². The van der Waals surface area contributed by atoms with Crippen LogP contribution in [0, 0.1) is 10.1 Å². The number of nitro groups is 1. The van der Waals surface area contributed by atoms with Crippen molar-refractivity contribution in [2.45, 2.75) is 33.6 Å². The van der Waals surface area contributed by atoms with Crippen LogP contribution in [0.15, 0.2) is 17.2 Å². The largest absolute Gasteiger partial charge is 0.490 e. The van der Waals surface area contributed by atoms with Gasteiger partial charge in [0, 0.05) is 11.6 Å². The number of benzene rings is 1. The molecule has 1 aromatic carbocycles. The monoisotopic (exact) mass is 421 g/mol. The topological polar surface area (TPSA) is 142 Å². The number of anilines is 1. The summed E-state index contributed by atoms with van der Waals surface area (Å²) in [5, 5.41) is 15.7. The van der Waals surface area contributed by atoms with Gasteiger partial charge >= 0.3 is 5.69 Å². The van der Waals surface area contributed by atoms with Gasteiger partial charge in [-0.05, 0) is 25.8 Å². The molecule has 11 heteroatoms. The van der Waals surface area contributed by atoms with Gasteiger partial charge in [0.2, 0.25) is 5.75 Å². The number of ether oxygens (including phenoxy) is 2.